The minimum absolute atomic E-state index is 0.0189. The summed E-state index contributed by atoms with van der Waals surface area (Å²) in [5.74, 6) is -0.667. The second kappa shape index (κ2) is 7.05. The third kappa shape index (κ3) is 3.26. The van der Waals surface area contributed by atoms with Crippen molar-refractivity contribution in [2.24, 2.45) is 0 Å². The first-order valence-electron chi connectivity index (χ1n) is 9.15. The quantitative estimate of drug-likeness (QED) is 0.812. The van der Waals surface area contributed by atoms with Gasteiger partial charge in [0.2, 0.25) is 15.9 Å². The van der Waals surface area contributed by atoms with Gasteiger partial charge in [0.25, 0.3) is 0 Å². The van der Waals surface area contributed by atoms with Crippen molar-refractivity contribution in [1.82, 2.24) is 4.31 Å². The number of hydrogen-bond acceptors (Lipinski definition) is 3. The molecule has 0 unspecified atom stereocenters. The highest BCUT2D eigenvalue weighted by Crippen LogP contribution is 2.32. The third-order valence-electron chi connectivity index (χ3n) is 5.31. The second-order valence-electron chi connectivity index (χ2n) is 6.95. The van der Waals surface area contributed by atoms with Crippen molar-refractivity contribution in [2.75, 3.05) is 18.0 Å². The van der Waals surface area contributed by atoms with E-state index < -0.39 is 21.9 Å². The predicted octanol–water partition coefficient (Wildman–Crippen LogP) is 2.96. The SMILES string of the molecule is O=C([C@H]1CCCCN1S(=O)(=O)c1ccc(F)cc1)N1CCc2ccccc21. The number of amides is 1. The first-order chi connectivity index (χ1) is 13.0. The van der Waals surface area contributed by atoms with Gasteiger partial charge in [0.1, 0.15) is 11.9 Å². The highest BCUT2D eigenvalue weighted by Gasteiger charge is 2.40. The summed E-state index contributed by atoms with van der Waals surface area (Å²) in [5.41, 5.74) is 1.97. The summed E-state index contributed by atoms with van der Waals surface area (Å²) in [7, 11) is -3.86. The molecule has 142 valence electrons. The molecule has 2 aliphatic heterocycles. The lowest BCUT2D eigenvalue weighted by Gasteiger charge is -2.36. The van der Waals surface area contributed by atoms with E-state index in [-0.39, 0.29) is 10.8 Å². The Bertz CT molecular complexity index is 959. The number of rotatable bonds is 3. The number of fused-ring (bicyclic) bond motifs is 1. The molecule has 5 nitrogen and oxygen atoms in total. The topological polar surface area (TPSA) is 57.7 Å². The maximum absolute atomic E-state index is 13.3. The minimum atomic E-state index is -3.86. The van der Waals surface area contributed by atoms with Gasteiger partial charge in [-0.25, -0.2) is 12.8 Å². The van der Waals surface area contributed by atoms with Gasteiger partial charge in [0.15, 0.2) is 0 Å². The van der Waals surface area contributed by atoms with Crippen LogP contribution in [0, 0.1) is 5.82 Å². The highest BCUT2D eigenvalue weighted by molar-refractivity contribution is 7.89. The van der Waals surface area contributed by atoms with Crippen molar-refractivity contribution in [3.05, 3.63) is 59.9 Å². The van der Waals surface area contributed by atoms with E-state index in [2.05, 4.69) is 0 Å². The van der Waals surface area contributed by atoms with Crippen LogP contribution < -0.4 is 4.90 Å². The lowest BCUT2D eigenvalue weighted by molar-refractivity contribution is -0.123. The fraction of sp³-hybridized carbons (Fsp3) is 0.350. The van der Waals surface area contributed by atoms with Crippen LogP contribution in [-0.4, -0.2) is 37.8 Å². The summed E-state index contributed by atoms with van der Waals surface area (Å²) in [6.45, 7) is 0.866. The summed E-state index contributed by atoms with van der Waals surface area (Å²) < 4.78 is 40.7. The predicted molar refractivity (Wildman–Crippen MR) is 100 cm³/mol. The Kier molecular flexibility index (Phi) is 4.74. The van der Waals surface area contributed by atoms with Crippen LogP contribution in [0.15, 0.2) is 53.4 Å². The Morgan fingerprint density at radius 3 is 2.52 bits per heavy atom. The first kappa shape index (κ1) is 18.1. The zero-order valence-electron chi connectivity index (χ0n) is 14.8. The number of benzene rings is 2. The van der Waals surface area contributed by atoms with E-state index in [1.807, 2.05) is 24.3 Å². The smallest absolute Gasteiger partial charge is 0.245 e. The van der Waals surface area contributed by atoms with Crippen molar-refractivity contribution in [3.8, 4) is 0 Å². The molecule has 2 heterocycles. The van der Waals surface area contributed by atoms with Gasteiger partial charge in [-0.15, -0.1) is 0 Å². The molecule has 27 heavy (non-hydrogen) atoms. The molecular weight excluding hydrogens is 367 g/mol. The molecule has 2 aliphatic rings. The van der Waals surface area contributed by atoms with Crippen LogP contribution in [0.25, 0.3) is 0 Å². The van der Waals surface area contributed by atoms with Gasteiger partial charge in [0.05, 0.1) is 4.90 Å². The van der Waals surface area contributed by atoms with Crippen LogP contribution in [0.1, 0.15) is 24.8 Å². The normalized spacial score (nSPS) is 20.5. The number of hydrogen-bond donors (Lipinski definition) is 0. The standard InChI is InChI=1S/C20H21FN2O3S/c21-16-8-10-17(11-9-16)27(25,26)23-13-4-3-7-19(23)20(24)22-14-12-15-5-1-2-6-18(15)22/h1-2,5-6,8-11,19H,3-4,7,12-14H2/t19-/m1/s1. The minimum Gasteiger partial charge on any atom is -0.310 e. The zero-order chi connectivity index (χ0) is 19.0. The van der Waals surface area contributed by atoms with Gasteiger partial charge in [0, 0.05) is 18.8 Å². The Balaban J connectivity index is 1.65. The van der Waals surface area contributed by atoms with Crippen molar-refractivity contribution in [1.29, 1.82) is 0 Å². The molecule has 4 rings (SSSR count). The molecule has 0 spiro atoms. The van der Waals surface area contributed by atoms with Crippen LogP contribution in [0.3, 0.4) is 0 Å². The summed E-state index contributed by atoms with van der Waals surface area (Å²) in [5, 5.41) is 0. The molecule has 1 amide bonds. The fourth-order valence-electron chi connectivity index (χ4n) is 3.93. The number of para-hydroxylation sites is 1. The van der Waals surface area contributed by atoms with Crippen LogP contribution >= 0.6 is 0 Å². The molecule has 2 aromatic carbocycles. The molecule has 1 fully saturated rings. The molecule has 1 saturated heterocycles. The lowest BCUT2D eigenvalue weighted by Crippen LogP contribution is -2.52. The molecule has 0 bridgehead atoms. The molecule has 7 heteroatoms. The molecule has 0 radical (unpaired) electrons. The van der Waals surface area contributed by atoms with Gasteiger partial charge in [-0.2, -0.15) is 4.31 Å². The number of carbonyl (C=O) groups excluding carboxylic acids is 1. The van der Waals surface area contributed by atoms with Gasteiger partial charge in [-0.05, 0) is 55.2 Å². The number of sulfonamides is 1. The number of anilines is 1. The fourth-order valence-corrected chi connectivity index (χ4v) is 5.58. The molecule has 0 N–H and O–H groups in total. The van der Waals surface area contributed by atoms with Gasteiger partial charge in [-0.1, -0.05) is 24.6 Å². The van der Waals surface area contributed by atoms with Crippen molar-refractivity contribution in [3.63, 3.8) is 0 Å². The van der Waals surface area contributed by atoms with E-state index in [0.29, 0.717) is 25.9 Å². The molecule has 0 saturated carbocycles. The van der Waals surface area contributed by atoms with E-state index in [9.17, 15) is 17.6 Å². The van der Waals surface area contributed by atoms with Gasteiger partial charge >= 0.3 is 0 Å². The molecule has 0 aliphatic carbocycles. The van der Waals surface area contributed by atoms with Gasteiger partial charge < -0.3 is 4.90 Å². The number of nitrogens with zero attached hydrogens (tertiary/aromatic N) is 2. The molecular formula is C20H21FN2O3S. The Morgan fingerprint density at radius 2 is 1.74 bits per heavy atom. The van der Waals surface area contributed by atoms with E-state index in [0.717, 1.165) is 36.2 Å². The molecule has 1 atom stereocenters. The van der Waals surface area contributed by atoms with Crippen LogP contribution in [0.2, 0.25) is 0 Å². The molecule has 2 aromatic rings. The summed E-state index contributed by atoms with van der Waals surface area (Å²) in [6.07, 6.45) is 2.79. The maximum Gasteiger partial charge on any atom is 0.245 e. The average molecular weight is 388 g/mol. The maximum atomic E-state index is 13.3. The number of carbonyl (C=O) groups is 1. The summed E-state index contributed by atoms with van der Waals surface area (Å²) in [6, 6.07) is 11.8. The van der Waals surface area contributed by atoms with Gasteiger partial charge in [-0.3, -0.25) is 4.79 Å². The largest absolute Gasteiger partial charge is 0.310 e. The Hall–Kier alpha value is -2.25. The summed E-state index contributed by atoms with van der Waals surface area (Å²) >= 11 is 0. The number of halogens is 1. The van der Waals surface area contributed by atoms with E-state index in [1.165, 1.54) is 16.4 Å². The lowest BCUT2D eigenvalue weighted by atomic mass is 10.0. The van der Waals surface area contributed by atoms with Crippen LogP contribution in [0.4, 0.5) is 10.1 Å². The van der Waals surface area contributed by atoms with E-state index >= 15 is 0 Å². The van der Waals surface area contributed by atoms with Crippen LogP contribution in [0.5, 0.6) is 0 Å². The summed E-state index contributed by atoms with van der Waals surface area (Å²) in [4.78, 5) is 15.0. The van der Waals surface area contributed by atoms with Crippen LogP contribution in [-0.2, 0) is 21.2 Å². The Morgan fingerprint density at radius 1 is 1.00 bits per heavy atom. The van der Waals surface area contributed by atoms with E-state index in [4.69, 9.17) is 0 Å². The van der Waals surface area contributed by atoms with Crippen molar-refractivity contribution in [2.45, 2.75) is 36.6 Å². The van der Waals surface area contributed by atoms with E-state index in [1.54, 1.807) is 4.90 Å². The zero-order valence-corrected chi connectivity index (χ0v) is 15.7. The highest BCUT2D eigenvalue weighted by atomic mass is 32.2. The van der Waals surface area contributed by atoms with Crippen molar-refractivity contribution >= 4 is 21.6 Å². The Labute approximate surface area is 158 Å². The molecule has 0 aromatic heterocycles. The van der Waals surface area contributed by atoms with Crippen molar-refractivity contribution < 1.29 is 17.6 Å². The average Bonchev–Trinajstić information content (AvgIpc) is 3.12. The first-order valence-corrected chi connectivity index (χ1v) is 10.6. The second-order valence-corrected chi connectivity index (χ2v) is 8.84. The third-order valence-corrected chi connectivity index (χ3v) is 7.23. The monoisotopic (exact) mass is 388 g/mol. The number of piperidine rings is 1.